The third-order valence-electron chi connectivity index (χ3n) is 3.10. The number of hydrogen-bond acceptors (Lipinski definition) is 5. The zero-order valence-electron chi connectivity index (χ0n) is 13.0. The molecule has 8 nitrogen and oxygen atoms in total. The van der Waals surface area contributed by atoms with Gasteiger partial charge in [0.15, 0.2) is 0 Å². The summed E-state index contributed by atoms with van der Waals surface area (Å²) in [6.45, 7) is -0.291. The molecular weight excluding hydrogens is 392 g/mol. The van der Waals surface area contributed by atoms with Crippen LogP contribution in [-0.4, -0.2) is 29.8 Å². The number of nitrogens with one attached hydrogen (secondary N) is 3. The minimum absolute atomic E-state index is 0.0711. The van der Waals surface area contributed by atoms with E-state index in [4.69, 9.17) is 0 Å². The van der Waals surface area contributed by atoms with Gasteiger partial charge in [-0.25, -0.2) is 0 Å². The molecule has 0 radical (unpaired) electrons. The lowest BCUT2D eigenvalue weighted by Crippen LogP contribution is -2.36. The van der Waals surface area contributed by atoms with E-state index in [9.17, 15) is 19.7 Å². The first-order valence-corrected chi connectivity index (χ1v) is 8.04. The highest BCUT2D eigenvalue weighted by Crippen LogP contribution is 2.20. The summed E-state index contributed by atoms with van der Waals surface area (Å²) in [7, 11) is 0. The molecule has 2 aromatic rings. The van der Waals surface area contributed by atoms with Crippen LogP contribution < -0.4 is 16.0 Å². The Morgan fingerprint density at radius 1 is 1.04 bits per heavy atom. The Labute approximate surface area is 151 Å². The van der Waals surface area contributed by atoms with Crippen LogP contribution in [0.1, 0.15) is 0 Å². The maximum absolute atomic E-state index is 11.8. The van der Waals surface area contributed by atoms with Crippen molar-refractivity contribution in [1.29, 1.82) is 0 Å². The fourth-order valence-corrected chi connectivity index (χ4v) is 2.29. The lowest BCUT2D eigenvalue weighted by atomic mass is 10.3. The molecule has 2 aromatic carbocycles. The number of amides is 2. The molecule has 0 unspecified atom stereocenters. The second-order valence-corrected chi connectivity index (χ2v) is 5.82. The van der Waals surface area contributed by atoms with Crippen molar-refractivity contribution < 1.29 is 14.5 Å². The Morgan fingerprint density at radius 3 is 2.52 bits per heavy atom. The molecule has 3 N–H and O–H groups in total. The molecule has 0 aromatic heterocycles. The number of nitro benzene ring substituents is 1. The third kappa shape index (κ3) is 5.88. The molecule has 25 heavy (non-hydrogen) atoms. The first kappa shape index (κ1) is 18.4. The fourth-order valence-electron chi connectivity index (χ4n) is 1.91. The third-order valence-corrected chi connectivity index (χ3v) is 3.80. The standard InChI is InChI=1S/C16H15BrN4O4/c17-13-6-1-2-7-14(13)20-16(23)10-19-15(22)9-18-11-4-3-5-12(8-11)21(24)25/h1-8,18H,9-10H2,(H,19,22)(H,20,23). The van der Waals surface area contributed by atoms with E-state index in [1.807, 2.05) is 6.07 Å². The molecule has 0 aliphatic carbocycles. The molecule has 9 heteroatoms. The quantitative estimate of drug-likeness (QED) is 0.482. The molecule has 0 aliphatic rings. The topological polar surface area (TPSA) is 113 Å². The summed E-state index contributed by atoms with van der Waals surface area (Å²) in [5.74, 6) is -0.774. The van der Waals surface area contributed by atoms with E-state index in [1.54, 1.807) is 24.3 Å². The highest BCUT2D eigenvalue weighted by Gasteiger charge is 2.09. The van der Waals surface area contributed by atoms with Crippen molar-refractivity contribution in [3.05, 3.63) is 63.1 Å². The van der Waals surface area contributed by atoms with Crippen LogP contribution in [0.25, 0.3) is 0 Å². The van der Waals surface area contributed by atoms with Crippen molar-refractivity contribution in [2.45, 2.75) is 0 Å². The molecule has 0 saturated carbocycles. The smallest absolute Gasteiger partial charge is 0.271 e. The summed E-state index contributed by atoms with van der Waals surface area (Å²) in [6, 6.07) is 12.9. The van der Waals surface area contributed by atoms with Crippen molar-refractivity contribution in [2.75, 3.05) is 23.7 Å². The molecule has 2 amide bonds. The highest BCUT2D eigenvalue weighted by molar-refractivity contribution is 9.10. The predicted molar refractivity (Wildman–Crippen MR) is 97.4 cm³/mol. The summed E-state index contributed by atoms with van der Waals surface area (Å²) in [6.07, 6.45) is 0. The number of carbonyl (C=O) groups excluding carboxylic acids is 2. The lowest BCUT2D eigenvalue weighted by molar-refractivity contribution is -0.384. The first-order valence-electron chi connectivity index (χ1n) is 7.25. The molecule has 0 fully saturated rings. The van der Waals surface area contributed by atoms with Gasteiger partial charge in [0.2, 0.25) is 11.8 Å². The van der Waals surface area contributed by atoms with E-state index in [0.717, 1.165) is 4.47 Å². The molecule has 0 bridgehead atoms. The summed E-state index contributed by atoms with van der Waals surface area (Å²) in [5.41, 5.74) is 0.983. The van der Waals surface area contributed by atoms with E-state index >= 15 is 0 Å². The van der Waals surface area contributed by atoms with Crippen LogP contribution in [0.5, 0.6) is 0 Å². The minimum Gasteiger partial charge on any atom is -0.376 e. The van der Waals surface area contributed by atoms with Gasteiger partial charge in [0.05, 0.1) is 23.7 Å². The average molecular weight is 407 g/mol. The van der Waals surface area contributed by atoms with E-state index in [0.29, 0.717) is 11.4 Å². The normalized spacial score (nSPS) is 9.96. The molecule has 0 atom stereocenters. The van der Waals surface area contributed by atoms with Gasteiger partial charge in [-0.2, -0.15) is 0 Å². The summed E-state index contributed by atoms with van der Waals surface area (Å²) in [5, 5.41) is 18.6. The highest BCUT2D eigenvalue weighted by atomic mass is 79.9. The number of rotatable bonds is 7. The number of hydrogen-bond donors (Lipinski definition) is 3. The van der Waals surface area contributed by atoms with Crippen LogP contribution in [0.2, 0.25) is 0 Å². The number of halogens is 1. The lowest BCUT2D eigenvalue weighted by Gasteiger charge is -2.09. The van der Waals surface area contributed by atoms with Crippen molar-refractivity contribution >= 4 is 44.8 Å². The van der Waals surface area contributed by atoms with Crippen molar-refractivity contribution in [3.63, 3.8) is 0 Å². The van der Waals surface area contributed by atoms with E-state index in [-0.39, 0.29) is 24.7 Å². The molecule has 130 valence electrons. The van der Waals surface area contributed by atoms with Gasteiger partial charge in [-0.05, 0) is 34.1 Å². The average Bonchev–Trinajstić information content (AvgIpc) is 2.60. The molecule has 0 saturated heterocycles. The van der Waals surface area contributed by atoms with Gasteiger partial charge in [0.25, 0.3) is 5.69 Å². The largest absolute Gasteiger partial charge is 0.376 e. The Bertz CT molecular complexity index is 797. The SMILES string of the molecule is O=C(CNc1cccc([N+](=O)[O-])c1)NCC(=O)Nc1ccccc1Br. The second kappa shape index (κ2) is 8.78. The van der Waals surface area contributed by atoms with Gasteiger partial charge in [-0.15, -0.1) is 0 Å². The Balaban J connectivity index is 1.77. The minimum atomic E-state index is -0.517. The number of carbonyl (C=O) groups is 2. The first-order chi connectivity index (χ1) is 12.0. The van der Waals surface area contributed by atoms with Crippen LogP contribution in [0.4, 0.5) is 17.1 Å². The number of nitro groups is 1. The van der Waals surface area contributed by atoms with Crippen molar-refractivity contribution in [1.82, 2.24) is 5.32 Å². The Kier molecular flexibility index (Phi) is 6.47. The van der Waals surface area contributed by atoms with Gasteiger partial charge in [0, 0.05) is 22.3 Å². The van der Waals surface area contributed by atoms with Gasteiger partial charge < -0.3 is 16.0 Å². The molecule has 0 spiro atoms. The fraction of sp³-hybridized carbons (Fsp3) is 0.125. The summed E-state index contributed by atoms with van der Waals surface area (Å²) >= 11 is 3.31. The number of benzene rings is 2. The molecule has 0 heterocycles. The van der Waals surface area contributed by atoms with Crippen LogP contribution in [0.15, 0.2) is 53.0 Å². The van der Waals surface area contributed by atoms with Gasteiger partial charge in [-0.1, -0.05) is 18.2 Å². The van der Waals surface area contributed by atoms with Crippen LogP contribution >= 0.6 is 15.9 Å². The number of non-ortho nitro benzene ring substituents is 1. The van der Waals surface area contributed by atoms with Crippen molar-refractivity contribution in [2.24, 2.45) is 0 Å². The van der Waals surface area contributed by atoms with Crippen LogP contribution in [0.3, 0.4) is 0 Å². The number of para-hydroxylation sites is 1. The monoisotopic (exact) mass is 406 g/mol. The van der Waals surface area contributed by atoms with E-state index in [2.05, 4.69) is 31.9 Å². The Morgan fingerprint density at radius 2 is 1.80 bits per heavy atom. The van der Waals surface area contributed by atoms with Gasteiger partial charge >= 0.3 is 0 Å². The maximum Gasteiger partial charge on any atom is 0.271 e. The summed E-state index contributed by atoms with van der Waals surface area (Å²) < 4.78 is 0.738. The zero-order chi connectivity index (χ0) is 18.2. The maximum atomic E-state index is 11.8. The predicted octanol–water partition coefficient (Wildman–Crippen LogP) is 2.52. The summed E-state index contributed by atoms with van der Waals surface area (Å²) in [4.78, 5) is 33.8. The zero-order valence-corrected chi connectivity index (χ0v) is 14.6. The number of nitrogens with zero attached hydrogens (tertiary/aromatic N) is 1. The molecular formula is C16H15BrN4O4. The Hall–Kier alpha value is -2.94. The number of anilines is 2. The van der Waals surface area contributed by atoms with Crippen LogP contribution in [0, 0.1) is 10.1 Å². The van der Waals surface area contributed by atoms with E-state index < -0.39 is 10.8 Å². The van der Waals surface area contributed by atoms with Crippen LogP contribution in [-0.2, 0) is 9.59 Å². The van der Waals surface area contributed by atoms with Gasteiger partial charge in [0.1, 0.15) is 0 Å². The molecule has 2 rings (SSSR count). The molecule has 0 aliphatic heterocycles. The second-order valence-electron chi connectivity index (χ2n) is 4.97. The van der Waals surface area contributed by atoms with E-state index in [1.165, 1.54) is 18.2 Å². The van der Waals surface area contributed by atoms with Crippen molar-refractivity contribution in [3.8, 4) is 0 Å². The van der Waals surface area contributed by atoms with Gasteiger partial charge in [-0.3, -0.25) is 19.7 Å².